The lowest BCUT2D eigenvalue weighted by Gasteiger charge is -2.18. The van der Waals surface area contributed by atoms with Gasteiger partial charge in [-0.1, -0.05) is 37.6 Å². The molecule has 0 spiro atoms. The van der Waals surface area contributed by atoms with E-state index < -0.39 is 0 Å². The van der Waals surface area contributed by atoms with Crippen LogP contribution in [0.2, 0.25) is 0 Å². The Morgan fingerprint density at radius 3 is 2.50 bits per heavy atom. The van der Waals surface area contributed by atoms with Gasteiger partial charge in [0.2, 0.25) is 0 Å². The zero-order valence-electron chi connectivity index (χ0n) is 14.2. The summed E-state index contributed by atoms with van der Waals surface area (Å²) in [5.41, 5.74) is 4.50. The molecule has 0 fully saturated rings. The fourth-order valence-electron chi connectivity index (χ4n) is 2.39. The monoisotopic (exact) mass is 316 g/mol. The molecular weight excluding hydrogens is 292 g/mol. The fraction of sp³-hybridized carbons (Fsp3) is 0.444. The molecule has 22 heavy (non-hydrogen) atoms. The molecule has 0 unspecified atom stereocenters. The van der Waals surface area contributed by atoms with Crippen molar-refractivity contribution in [3.8, 4) is 0 Å². The van der Waals surface area contributed by atoms with E-state index in [0.717, 1.165) is 15.6 Å². The quantitative estimate of drug-likeness (QED) is 0.834. The summed E-state index contributed by atoms with van der Waals surface area (Å²) in [6.45, 7) is 10.9. The van der Waals surface area contributed by atoms with Crippen molar-refractivity contribution in [2.45, 2.75) is 47.1 Å². The van der Waals surface area contributed by atoms with Crippen molar-refractivity contribution >= 4 is 17.2 Å². The standard InChI is InChI=1S/C18H24N2OS/c1-11(2)17-19-14(5)16(22-17)18(21)20(6)10-15-8-7-12(3)9-13(15)4/h7-9,11H,10H2,1-6H3. The molecule has 118 valence electrons. The third-order valence-electron chi connectivity index (χ3n) is 3.75. The first-order chi connectivity index (χ1) is 10.3. The summed E-state index contributed by atoms with van der Waals surface area (Å²) >= 11 is 1.52. The lowest BCUT2D eigenvalue weighted by Crippen LogP contribution is -2.26. The molecule has 4 heteroatoms. The Balaban J connectivity index is 2.18. The molecule has 2 aromatic rings. The van der Waals surface area contributed by atoms with E-state index in [9.17, 15) is 4.79 Å². The van der Waals surface area contributed by atoms with Crippen LogP contribution in [-0.2, 0) is 6.54 Å². The van der Waals surface area contributed by atoms with Gasteiger partial charge >= 0.3 is 0 Å². The molecule has 3 nitrogen and oxygen atoms in total. The summed E-state index contributed by atoms with van der Waals surface area (Å²) in [7, 11) is 1.86. The molecule has 1 aromatic carbocycles. The van der Waals surface area contributed by atoms with Gasteiger partial charge in [0.15, 0.2) is 0 Å². The number of amides is 1. The van der Waals surface area contributed by atoms with E-state index in [0.29, 0.717) is 12.5 Å². The zero-order valence-corrected chi connectivity index (χ0v) is 15.0. The molecule has 1 amide bonds. The lowest BCUT2D eigenvalue weighted by molar-refractivity contribution is 0.0789. The molecule has 0 aliphatic rings. The molecule has 0 aliphatic heterocycles. The van der Waals surface area contributed by atoms with Crippen molar-refractivity contribution in [2.24, 2.45) is 0 Å². The molecule has 0 bridgehead atoms. The van der Waals surface area contributed by atoms with Crippen molar-refractivity contribution in [1.82, 2.24) is 9.88 Å². The van der Waals surface area contributed by atoms with Crippen LogP contribution in [0, 0.1) is 20.8 Å². The topological polar surface area (TPSA) is 33.2 Å². The number of nitrogens with zero attached hydrogens (tertiary/aromatic N) is 2. The van der Waals surface area contributed by atoms with Crippen LogP contribution >= 0.6 is 11.3 Å². The second-order valence-electron chi connectivity index (χ2n) is 6.21. The molecular formula is C18H24N2OS. The Morgan fingerprint density at radius 1 is 1.27 bits per heavy atom. The van der Waals surface area contributed by atoms with Gasteiger partial charge in [-0.2, -0.15) is 0 Å². The number of hydrogen-bond acceptors (Lipinski definition) is 3. The van der Waals surface area contributed by atoms with Crippen molar-refractivity contribution in [3.05, 3.63) is 50.5 Å². The summed E-state index contributed by atoms with van der Waals surface area (Å²) in [6, 6.07) is 6.35. The Morgan fingerprint density at radius 2 is 1.95 bits per heavy atom. The van der Waals surface area contributed by atoms with Gasteiger partial charge < -0.3 is 4.90 Å². The SMILES string of the molecule is Cc1ccc(CN(C)C(=O)c2sc(C(C)C)nc2C)c(C)c1. The highest BCUT2D eigenvalue weighted by atomic mass is 32.1. The number of thiazole rings is 1. The van der Waals surface area contributed by atoms with E-state index in [1.807, 2.05) is 14.0 Å². The molecule has 1 aromatic heterocycles. The van der Waals surface area contributed by atoms with Gasteiger partial charge in [-0.3, -0.25) is 4.79 Å². The molecule has 0 saturated heterocycles. The molecule has 0 N–H and O–H groups in total. The van der Waals surface area contributed by atoms with Gasteiger partial charge in [-0.25, -0.2) is 4.98 Å². The third kappa shape index (κ3) is 3.55. The molecule has 2 rings (SSSR count). The van der Waals surface area contributed by atoms with E-state index in [2.05, 4.69) is 50.9 Å². The Labute approximate surface area is 137 Å². The predicted molar refractivity (Wildman–Crippen MR) is 92.7 cm³/mol. The van der Waals surface area contributed by atoms with E-state index in [4.69, 9.17) is 0 Å². The van der Waals surface area contributed by atoms with Crippen LogP contribution in [0.1, 0.15) is 56.8 Å². The van der Waals surface area contributed by atoms with Crippen molar-refractivity contribution in [1.29, 1.82) is 0 Å². The first kappa shape index (κ1) is 16.7. The highest BCUT2D eigenvalue weighted by Gasteiger charge is 2.20. The van der Waals surface area contributed by atoms with E-state index >= 15 is 0 Å². The summed E-state index contributed by atoms with van der Waals surface area (Å²) in [5, 5.41) is 1.03. The van der Waals surface area contributed by atoms with Gasteiger partial charge in [-0.15, -0.1) is 11.3 Å². The average molecular weight is 316 g/mol. The zero-order chi connectivity index (χ0) is 16.4. The second-order valence-corrected chi connectivity index (χ2v) is 7.24. The van der Waals surface area contributed by atoms with Gasteiger partial charge in [-0.05, 0) is 31.9 Å². The Kier molecular flexibility index (Phi) is 5.01. The largest absolute Gasteiger partial charge is 0.337 e. The highest BCUT2D eigenvalue weighted by molar-refractivity contribution is 7.13. The normalized spacial score (nSPS) is 11.0. The van der Waals surface area contributed by atoms with Crippen LogP contribution in [0.3, 0.4) is 0 Å². The third-order valence-corrected chi connectivity index (χ3v) is 5.20. The summed E-state index contributed by atoms with van der Waals surface area (Å²) in [5.74, 6) is 0.414. The van der Waals surface area contributed by atoms with Crippen LogP contribution in [0.25, 0.3) is 0 Å². The first-order valence-corrected chi connectivity index (χ1v) is 8.40. The van der Waals surface area contributed by atoms with Gasteiger partial charge in [0.05, 0.1) is 10.7 Å². The number of carbonyl (C=O) groups excluding carboxylic acids is 1. The minimum Gasteiger partial charge on any atom is -0.337 e. The minimum absolute atomic E-state index is 0.0573. The average Bonchev–Trinajstić information content (AvgIpc) is 2.83. The molecule has 1 heterocycles. The number of benzene rings is 1. The van der Waals surface area contributed by atoms with Crippen LogP contribution < -0.4 is 0 Å². The lowest BCUT2D eigenvalue weighted by atomic mass is 10.1. The second kappa shape index (κ2) is 6.61. The number of hydrogen-bond donors (Lipinski definition) is 0. The first-order valence-electron chi connectivity index (χ1n) is 7.58. The van der Waals surface area contributed by atoms with E-state index in [1.54, 1.807) is 4.90 Å². The molecule has 0 saturated carbocycles. The highest BCUT2D eigenvalue weighted by Crippen LogP contribution is 2.26. The van der Waals surface area contributed by atoms with E-state index in [-0.39, 0.29) is 5.91 Å². The predicted octanol–water partition coefficient (Wildman–Crippen LogP) is 4.46. The fourth-order valence-corrected chi connectivity index (χ4v) is 3.45. The Bertz CT molecular complexity index is 688. The number of carbonyl (C=O) groups is 1. The van der Waals surface area contributed by atoms with Crippen LogP contribution in [-0.4, -0.2) is 22.8 Å². The van der Waals surface area contributed by atoms with Gasteiger partial charge in [0.1, 0.15) is 4.88 Å². The summed E-state index contributed by atoms with van der Waals surface area (Å²) < 4.78 is 0. The minimum atomic E-state index is 0.0573. The maximum absolute atomic E-state index is 12.7. The smallest absolute Gasteiger partial charge is 0.265 e. The maximum Gasteiger partial charge on any atom is 0.265 e. The molecule has 0 radical (unpaired) electrons. The molecule has 0 aliphatic carbocycles. The van der Waals surface area contributed by atoms with Crippen molar-refractivity contribution in [2.75, 3.05) is 7.05 Å². The van der Waals surface area contributed by atoms with Crippen LogP contribution in [0.5, 0.6) is 0 Å². The summed E-state index contributed by atoms with van der Waals surface area (Å²) in [6.07, 6.45) is 0. The maximum atomic E-state index is 12.7. The summed E-state index contributed by atoms with van der Waals surface area (Å²) in [4.78, 5) is 19.7. The van der Waals surface area contributed by atoms with Gasteiger partial charge in [0.25, 0.3) is 5.91 Å². The van der Waals surface area contributed by atoms with E-state index in [1.165, 1.54) is 28.0 Å². The van der Waals surface area contributed by atoms with Crippen LogP contribution in [0.4, 0.5) is 0 Å². The number of aryl methyl sites for hydroxylation is 3. The van der Waals surface area contributed by atoms with Crippen molar-refractivity contribution < 1.29 is 4.79 Å². The van der Waals surface area contributed by atoms with Gasteiger partial charge in [0, 0.05) is 19.5 Å². The number of rotatable bonds is 4. The van der Waals surface area contributed by atoms with Crippen LogP contribution in [0.15, 0.2) is 18.2 Å². The molecule has 0 atom stereocenters. The Hall–Kier alpha value is -1.68. The number of aromatic nitrogens is 1. The van der Waals surface area contributed by atoms with Crippen molar-refractivity contribution in [3.63, 3.8) is 0 Å².